The van der Waals surface area contributed by atoms with Crippen LogP contribution < -0.4 is 0 Å². The van der Waals surface area contributed by atoms with Crippen LogP contribution in [0.2, 0.25) is 0 Å². The van der Waals surface area contributed by atoms with Crippen molar-refractivity contribution in [3.8, 4) is 0 Å². The van der Waals surface area contributed by atoms with E-state index in [4.69, 9.17) is 5.11 Å². The Bertz CT molecular complexity index is 751. The number of hydrogen-bond donors (Lipinski definition) is 1. The van der Waals surface area contributed by atoms with Crippen LogP contribution in [0.1, 0.15) is 42.9 Å². The Morgan fingerprint density at radius 3 is 2.57 bits per heavy atom. The minimum atomic E-state index is -0.923. The summed E-state index contributed by atoms with van der Waals surface area (Å²) in [5.74, 6) is -1.78. The number of aromatic nitrogens is 3. The molecule has 1 unspecified atom stereocenters. The summed E-state index contributed by atoms with van der Waals surface area (Å²) in [5, 5.41) is 14.1. The number of rotatable bonds is 5. The largest absolute Gasteiger partial charge is 0.481 e. The Labute approximate surface area is 134 Å². The SMILES string of the molecule is Cc1nc2c(cnn2C(C)C)cc1C(=O)N(C)CC(C)C(=O)O. The topological polar surface area (TPSA) is 88.3 Å². The third kappa shape index (κ3) is 3.33. The minimum Gasteiger partial charge on any atom is -0.481 e. The van der Waals surface area contributed by atoms with Crippen molar-refractivity contribution in [3.63, 3.8) is 0 Å². The molecule has 0 saturated carbocycles. The second-order valence-corrected chi connectivity index (χ2v) is 6.14. The van der Waals surface area contributed by atoms with E-state index in [0.29, 0.717) is 11.3 Å². The number of carboxylic acids is 1. The van der Waals surface area contributed by atoms with Gasteiger partial charge >= 0.3 is 5.97 Å². The molecule has 0 saturated heterocycles. The molecular weight excluding hydrogens is 296 g/mol. The van der Waals surface area contributed by atoms with E-state index in [1.54, 1.807) is 33.2 Å². The lowest BCUT2D eigenvalue weighted by Crippen LogP contribution is -2.34. The van der Waals surface area contributed by atoms with Crippen LogP contribution >= 0.6 is 0 Å². The predicted molar refractivity (Wildman–Crippen MR) is 86.4 cm³/mol. The number of aryl methyl sites for hydroxylation is 1. The number of amides is 1. The van der Waals surface area contributed by atoms with E-state index in [9.17, 15) is 9.59 Å². The van der Waals surface area contributed by atoms with Crippen LogP contribution in [0.4, 0.5) is 0 Å². The number of nitrogens with zero attached hydrogens (tertiary/aromatic N) is 4. The number of carbonyl (C=O) groups is 2. The molecule has 1 atom stereocenters. The van der Waals surface area contributed by atoms with Crippen molar-refractivity contribution in [1.29, 1.82) is 0 Å². The molecule has 23 heavy (non-hydrogen) atoms. The lowest BCUT2D eigenvalue weighted by atomic mass is 10.1. The van der Waals surface area contributed by atoms with E-state index in [1.165, 1.54) is 4.90 Å². The van der Waals surface area contributed by atoms with E-state index >= 15 is 0 Å². The number of pyridine rings is 1. The molecule has 0 radical (unpaired) electrons. The monoisotopic (exact) mass is 318 g/mol. The molecule has 0 aliphatic carbocycles. The lowest BCUT2D eigenvalue weighted by molar-refractivity contribution is -0.141. The van der Waals surface area contributed by atoms with Gasteiger partial charge in [0.2, 0.25) is 0 Å². The number of aliphatic carboxylic acids is 1. The highest BCUT2D eigenvalue weighted by atomic mass is 16.4. The van der Waals surface area contributed by atoms with E-state index in [0.717, 1.165) is 11.0 Å². The van der Waals surface area contributed by atoms with Gasteiger partial charge in [0.15, 0.2) is 5.65 Å². The molecule has 0 bridgehead atoms. The molecule has 0 aliphatic heterocycles. The van der Waals surface area contributed by atoms with Gasteiger partial charge in [-0.2, -0.15) is 5.10 Å². The smallest absolute Gasteiger partial charge is 0.308 e. The van der Waals surface area contributed by atoms with Crippen molar-refractivity contribution in [2.45, 2.75) is 33.7 Å². The molecule has 2 aromatic rings. The average molecular weight is 318 g/mol. The molecule has 7 heteroatoms. The molecule has 0 spiro atoms. The van der Waals surface area contributed by atoms with Crippen molar-refractivity contribution >= 4 is 22.9 Å². The Balaban J connectivity index is 2.34. The first-order valence-corrected chi connectivity index (χ1v) is 7.55. The summed E-state index contributed by atoms with van der Waals surface area (Å²) in [6.45, 7) is 7.54. The van der Waals surface area contributed by atoms with Crippen LogP contribution in [0, 0.1) is 12.8 Å². The average Bonchev–Trinajstić information content (AvgIpc) is 2.88. The van der Waals surface area contributed by atoms with E-state index in [1.807, 2.05) is 18.5 Å². The van der Waals surface area contributed by atoms with Crippen LogP contribution in [0.15, 0.2) is 12.3 Å². The standard InChI is InChI=1S/C16H22N4O3/c1-9(2)20-14-12(7-17-20)6-13(11(4)18-14)15(21)19(5)8-10(3)16(22)23/h6-7,9-10H,8H2,1-5H3,(H,22,23). The summed E-state index contributed by atoms with van der Waals surface area (Å²) in [4.78, 5) is 29.4. The van der Waals surface area contributed by atoms with Crippen LogP contribution in [0.5, 0.6) is 0 Å². The summed E-state index contributed by atoms with van der Waals surface area (Å²) in [6.07, 6.45) is 1.69. The Kier molecular flexibility index (Phi) is 4.68. The highest BCUT2D eigenvalue weighted by Gasteiger charge is 2.21. The zero-order chi connectivity index (χ0) is 17.3. The zero-order valence-electron chi connectivity index (χ0n) is 14.1. The second kappa shape index (κ2) is 6.36. The Morgan fingerprint density at radius 2 is 2.00 bits per heavy atom. The highest BCUT2D eigenvalue weighted by molar-refractivity contribution is 5.98. The van der Waals surface area contributed by atoms with Crippen molar-refractivity contribution in [2.24, 2.45) is 5.92 Å². The van der Waals surface area contributed by atoms with Gasteiger partial charge in [-0.1, -0.05) is 6.92 Å². The van der Waals surface area contributed by atoms with E-state index in [-0.39, 0.29) is 18.5 Å². The summed E-state index contributed by atoms with van der Waals surface area (Å²) in [6, 6.07) is 1.95. The Hall–Kier alpha value is -2.44. The fourth-order valence-corrected chi connectivity index (χ4v) is 2.44. The molecule has 0 aromatic carbocycles. The summed E-state index contributed by atoms with van der Waals surface area (Å²) in [5.41, 5.74) is 1.83. The first-order valence-electron chi connectivity index (χ1n) is 7.55. The van der Waals surface area contributed by atoms with Crippen molar-refractivity contribution in [1.82, 2.24) is 19.7 Å². The van der Waals surface area contributed by atoms with Gasteiger partial charge in [-0.25, -0.2) is 9.67 Å². The third-order valence-corrected chi connectivity index (χ3v) is 3.80. The van der Waals surface area contributed by atoms with Crippen LogP contribution in [-0.4, -0.2) is 50.2 Å². The molecule has 1 amide bonds. The Morgan fingerprint density at radius 1 is 1.35 bits per heavy atom. The van der Waals surface area contributed by atoms with Crippen LogP contribution in [-0.2, 0) is 4.79 Å². The normalized spacial score (nSPS) is 12.6. The summed E-state index contributed by atoms with van der Waals surface area (Å²) < 4.78 is 1.81. The quantitative estimate of drug-likeness (QED) is 0.912. The van der Waals surface area contributed by atoms with Crippen molar-refractivity contribution in [2.75, 3.05) is 13.6 Å². The van der Waals surface area contributed by atoms with Crippen molar-refractivity contribution < 1.29 is 14.7 Å². The summed E-state index contributed by atoms with van der Waals surface area (Å²) >= 11 is 0. The zero-order valence-corrected chi connectivity index (χ0v) is 14.1. The second-order valence-electron chi connectivity index (χ2n) is 6.14. The van der Waals surface area contributed by atoms with Gasteiger partial charge in [0.05, 0.1) is 23.4 Å². The van der Waals surface area contributed by atoms with Gasteiger partial charge in [-0.3, -0.25) is 9.59 Å². The molecule has 7 nitrogen and oxygen atoms in total. The summed E-state index contributed by atoms with van der Waals surface area (Å²) in [7, 11) is 1.60. The molecule has 2 aromatic heterocycles. The first-order chi connectivity index (χ1) is 10.7. The number of carboxylic acid groups (broad SMARTS) is 1. The van der Waals surface area contributed by atoms with Crippen molar-refractivity contribution in [3.05, 3.63) is 23.5 Å². The predicted octanol–water partition coefficient (Wildman–Crippen LogP) is 2.11. The maximum absolute atomic E-state index is 12.6. The number of carbonyl (C=O) groups excluding carboxylic acids is 1. The first kappa shape index (κ1) is 16.9. The fraction of sp³-hybridized carbons (Fsp3) is 0.500. The molecule has 0 aliphatic rings. The van der Waals surface area contributed by atoms with E-state index in [2.05, 4.69) is 10.1 Å². The molecule has 2 rings (SSSR count). The van der Waals surface area contributed by atoms with E-state index < -0.39 is 11.9 Å². The van der Waals surface area contributed by atoms with Gasteiger partial charge in [0, 0.05) is 25.0 Å². The van der Waals surface area contributed by atoms with Crippen LogP contribution in [0.3, 0.4) is 0 Å². The maximum atomic E-state index is 12.6. The molecule has 2 heterocycles. The van der Waals surface area contributed by atoms with Gasteiger partial charge < -0.3 is 10.0 Å². The highest BCUT2D eigenvalue weighted by Crippen LogP contribution is 2.20. The molecule has 0 fully saturated rings. The molecule has 124 valence electrons. The van der Waals surface area contributed by atoms with Crippen LogP contribution in [0.25, 0.3) is 11.0 Å². The fourth-order valence-electron chi connectivity index (χ4n) is 2.44. The van der Waals surface area contributed by atoms with Gasteiger partial charge in [0.1, 0.15) is 0 Å². The molecular formula is C16H22N4O3. The lowest BCUT2D eigenvalue weighted by Gasteiger charge is -2.20. The third-order valence-electron chi connectivity index (χ3n) is 3.80. The number of hydrogen-bond acceptors (Lipinski definition) is 4. The van der Waals surface area contributed by atoms with Gasteiger partial charge in [-0.15, -0.1) is 0 Å². The maximum Gasteiger partial charge on any atom is 0.308 e. The minimum absolute atomic E-state index is 0.150. The van der Waals surface area contributed by atoms with Gasteiger partial charge in [-0.05, 0) is 26.8 Å². The molecule has 1 N–H and O–H groups in total. The number of fused-ring (bicyclic) bond motifs is 1. The van der Waals surface area contributed by atoms with Gasteiger partial charge in [0.25, 0.3) is 5.91 Å².